The van der Waals surface area contributed by atoms with E-state index < -0.39 is 5.97 Å². The van der Waals surface area contributed by atoms with Gasteiger partial charge >= 0.3 is 11.9 Å². The molecule has 160 valence electrons. The number of carboxylic acid groups (broad SMARTS) is 1. The number of allylic oxidation sites excluding steroid dienone is 3. The fourth-order valence-corrected chi connectivity index (χ4v) is 2.63. The summed E-state index contributed by atoms with van der Waals surface area (Å²) in [4.78, 5) is 22.3. The Bertz CT molecular complexity index is 807. The molecule has 0 amide bonds. The fraction of sp³-hybridized carbons (Fsp3) is 0.308. The lowest BCUT2D eigenvalue weighted by Crippen LogP contribution is -2.05. The van der Waals surface area contributed by atoms with Crippen molar-refractivity contribution in [3.8, 4) is 0 Å². The summed E-state index contributed by atoms with van der Waals surface area (Å²) in [6, 6.07) is 16.2. The Balaban J connectivity index is 0.000000300. The van der Waals surface area contributed by atoms with E-state index in [0.29, 0.717) is 17.7 Å². The van der Waals surface area contributed by atoms with Crippen LogP contribution < -0.4 is 0 Å². The second-order valence-corrected chi connectivity index (χ2v) is 6.55. The molecule has 0 aliphatic carbocycles. The average Bonchev–Trinajstić information content (AvgIpc) is 2.77. The summed E-state index contributed by atoms with van der Waals surface area (Å²) < 4.78 is 5.08. The number of hydrogen-bond acceptors (Lipinski definition) is 3. The summed E-state index contributed by atoms with van der Waals surface area (Å²) in [5.74, 6) is -1.09. The standard InChI is InChI=1S/2C13H16O2/c1-2-3-4-8-11-15-13(14)12-9-6-5-7-10-12;1-2-3-4-5-8-11-9-6-7-10-12(11)13(14)15/h3-7,9-10H,2,8,11H2,1H3;3-4,6-7,9-10H,2,5,8H2,1H3,(H,14,15)/b;4-3-. The van der Waals surface area contributed by atoms with Gasteiger partial charge in [0.1, 0.15) is 0 Å². The van der Waals surface area contributed by atoms with Crippen molar-refractivity contribution in [1.82, 2.24) is 0 Å². The van der Waals surface area contributed by atoms with E-state index in [1.165, 1.54) is 0 Å². The van der Waals surface area contributed by atoms with E-state index in [2.05, 4.69) is 32.1 Å². The number of esters is 1. The Morgan fingerprint density at radius 3 is 2.07 bits per heavy atom. The fourth-order valence-electron chi connectivity index (χ4n) is 2.63. The van der Waals surface area contributed by atoms with Crippen molar-refractivity contribution in [2.45, 2.75) is 46.0 Å². The molecule has 0 saturated carbocycles. The molecule has 0 aromatic heterocycles. The van der Waals surface area contributed by atoms with Crippen LogP contribution in [-0.2, 0) is 11.2 Å². The maximum atomic E-state index is 11.4. The number of benzene rings is 2. The predicted octanol–water partition coefficient (Wildman–Crippen LogP) is 6.48. The highest BCUT2D eigenvalue weighted by atomic mass is 16.5. The third kappa shape index (κ3) is 10.4. The first-order valence-corrected chi connectivity index (χ1v) is 10.4. The number of carbonyl (C=O) groups is 2. The van der Waals surface area contributed by atoms with E-state index in [4.69, 9.17) is 9.84 Å². The molecule has 2 rings (SSSR count). The number of carbonyl (C=O) groups excluding carboxylic acids is 1. The summed E-state index contributed by atoms with van der Waals surface area (Å²) >= 11 is 0. The second-order valence-electron chi connectivity index (χ2n) is 6.55. The van der Waals surface area contributed by atoms with Gasteiger partial charge in [0.05, 0.1) is 17.7 Å². The Hall–Kier alpha value is -3.14. The first kappa shape index (κ1) is 24.9. The number of aryl methyl sites for hydroxylation is 1. The molecule has 2 aromatic carbocycles. The van der Waals surface area contributed by atoms with Crippen molar-refractivity contribution in [2.75, 3.05) is 6.61 Å². The van der Waals surface area contributed by atoms with E-state index in [0.717, 1.165) is 37.7 Å². The molecule has 0 radical (unpaired) electrons. The summed E-state index contributed by atoms with van der Waals surface area (Å²) in [6.45, 7) is 4.61. The quantitative estimate of drug-likeness (QED) is 0.277. The van der Waals surface area contributed by atoms with Crippen LogP contribution in [0.2, 0.25) is 0 Å². The summed E-state index contributed by atoms with van der Waals surface area (Å²) in [6.07, 6.45) is 12.8. The third-order valence-corrected chi connectivity index (χ3v) is 4.16. The summed E-state index contributed by atoms with van der Waals surface area (Å²) in [5, 5.41) is 8.95. The number of aromatic carboxylic acids is 1. The van der Waals surface area contributed by atoms with Crippen molar-refractivity contribution in [2.24, 2.45) is 0 Å². The van der Waals surface area contributed by atoms with Gasteiger partial charge in [0, 0.05) is 0 Å². The normalized spacial score (nSPS) is 10.6. The van der Waals surface area contributed by atoms with Gasteiger partial charge in [0.25, 0.3) is 0 Å². The maximum Gasteiger partial charge on any atom is 0.338 e. The highest BCUT2D eigenvalue weighted by Crippen LogP contribution is 2.11. The van der Waals surface area contributed by atoms with E-state index in [1.807, 2.05) is 36.4 Å². The Morgan fingerprint density at radius 1 is 0.833 bits per heavy atom. The second kappa shape index (κ2) is 15.7. The van der Waals surface area contributed by atoms with Crippen molar-refractivity contribution in [3.63, 3.8) is 0 Å². The molecule has 0 saturated heterocycles. The minimum Gasteiger partial charge on any atom is -0.478 e. The number of rotatable bonds is 10. The molecule has 0 bridgehead atoms. The molecule has 0 heterocycles. The van der Waals surface area contributed by atoms with Crippen LogP contribution in [0.5, 0.6) is 0 Å². The zero-order chi connectivity index (χ0) is 22.0. The van der Waals surface area contributed by atoms with Crippen molar-refractivity contribution in [3.05, 3.63) is 95.6 Å². The van der Waals surface area contributed by atoms with E-state index in [9.17, 15) is 9.59 Å². The van der Waals surface area contributed by atoms with Crippen LogP contribution in [0.15, 0.2) is 78.9 Å². The van der Waals surface area contributed by atoms with Crippen LogP contribution >= 0.6 is 0 Å². The predicted molar refractivity (Wildman–Crippen MR) is 122 cm³/mol. The van der Waals surface area contributed by atoms with Gasteiger partial charge in [-0.1, -0.05) is 74.5 Å². The molecule has 0 spiro atoms. The monoisotopic (exact) mass is 408 g/mol. The van der Waals surface area contributed by atoms with Crippen LogP contribution in [0.4, 0.5) is 0 Å². The van der Waals surface area contributed by atoms with Gasteiger partial charge in [0.2, 0.25) is 0 Å². The first-order valence-electron chi connectivity index (χ1n) is 10.4. The zero-order valence-corrected chi connectivity index (χ0v) is 17.9. The van der Waals surface area contributed by atoms with Gasteiger partial charge in [-0.15, -0.1) is 0 Å². The Kier molecular flexibility index (Phi) is 13.1. The summed E-state index contributed by atoms with van der Waals surface area (Å²) in [7, 11) is 0. The summed E-state index contributed by atoms with van der Waals surface area (Å²) in [5.41, 5.74) is 1.94. The van der Waals surface area contributed by atoms with Crippen LogP contribution in [0.1, 0.15) is 65.8 Å². The molecule has 2 aromatic rings. The van der Waals surface area contributed by atoms with Gasteiger partial charge in [-0.3, -0.25) is 0 Å². The molecule has 1 N–H and O–H groups in total. The van der Waals surface area contributed by atoms with Gasteiger partial charge in [0.15, 0.2) is 0 Å². The van der Waals surface area contributed by atoms with Crippen molar-refractivity contribution in [1.29, 1.82) is 0 Å². The third-order valence-electron chi connectivity index (χ3n) is 4.16. The molecule has 4 nitrogen and oxygen atoms in total. The number of hydrogen-bond donors (Lipinski definition) is 1. The lowest BCUT2D eigenvalue weighted by molar-refractivity contribution is 0.0511. The first-order chi connectivity index (χ1) is 14.6. The van der Waals surface area contributed by atoms with Crippen LogP contribution in [0.25, 0.3) is 0 Å². The van der Waals surface area contributed by atoms with E-state index in [-0.39, 0.29) is 5.97 Å². The van der Waals surface area contributed by atoms with Crippen LogP contribution in [0.3, 0.4) is 0 Å². The molecule has 4 heteroatoms. The minimum absolute atomic E-state index is 0.250. The smallest absolute Gasteiger partial charge is 0.338 e. The van der Waals surface area contributed by atoms with Crippen molar-refractivity contribution < 1.29 is 19.4 Å². The average molecular weight is 409 g/mol. The highest BCUT2D eigenvalue weighted by molar-refractivity contribution is 5.89. The molecule has 0 aliphatic heterocycles. The minimum atomic E-state index is -0.843. The Labute approximate surface area is 179 Å². The molecule has 0 atom stereocenters. The molecule has 0 fully saturated rings. The molecule has 0 aliphatic rings. The van der Waals surface area contributed by atoms with E-state index in [1.54, 1.807) is 24.3 Å². The molecular weight excluding hydrogens is 376 g/mol. The topological polar surface area (TPSA) is 63.6 Å². The van der Waals surface area contributed by atoms with Gasteiger partial charge in [-0.25, -0.2) is 9.59 Å². The largest absolute Gasteiger partial charge is 0.478 e. The molecular formula is C26H32O4. The van der Waals surface area contributed by atoms with Gasteiger partial charge in [-0.05, 0) is 55.9 Å². The molecule has 30 heavy (non-hydrogen) atoms. The maximum absolute atomic E-state index is 11.4. The van der Waals surface area contributed by atoms with Gasteiger partial charge in [-0.2, -0.15) is 0 Å². The van der Waals surface area contributed by atoms with E-state index >= 15 is 0 Å². The zero-order valence-electron chi connectivity index (χ0n) is 17.9. The SMILES string of the molecule is CC/C=C\CCc1ccccc1C(=O)O.CCC=CCCOC(=O)c1ccccc1. The van der Waals surface area contributed by atoms with Crippen LogP contribution in [0, 0.1) is 0 Å². The Morgan fingerprint density at radius 2 is 1.43 bits per heavy atom. The number of ether oxygens (including phenoxy) is 1. The van der Waals surface area contributed by atoms with Crippen LogP contribution in [-0.4, -0.2) is 23.7 Å². The highest BCUT2D eigenvalue weighted by Gasteiger charge is 2.07. The lowest BCUT2D eigenvalue weighted by Gasteiger charge is -2.03. The lowest BCUT2D eigenvalue weighted by atomic mass is 10.0. The molecule has 0 unspecified atom stereocenters. The van der Waals surface area contributed by atoms with Crippen molar-refractivity contribution >= 4 is 11.9 Å². The van der Waals surface area contributed by atoms with Gasteiger partial charge < -0.3 is 9.84 Å². The number of carboxylic acids is 1.